The second kappa shape index (κ2) is 4.65. The highest BCUT2D eigenvalue weighted by atomic mass is 16.5. The number of carbonyl (C=O) groups is 2. The van der Waals surface area contributed by atoms with E-state index in [1.165, 1.54) is 12.2 Å². The Morgan fingerprint density at radius 1 is 1.35 bits per heavy atom. The zero-order valence-corrected chi connectivity index (χ0v) is 9.13. The second-order valence-electron chi connectivity index (χ2n) is 3.94. The van der Waals surface area contributed by atoms with Gasteiger partial charge in [-0.05, 0) is 5.57 Å². The third-order valence-electron chi connectivity index (χ3n) is 2.76. The van der Waals surface area contributed by atoms with Crippen molar-refractivity contribution in [1.29, 1.82) is 0 Å². The zero-order chi connectivity index (χ0) is 12.4. The first-order chi connectivity index (χ1) is 8.11. The molecular weight excluding hydrogens is 222 g/mol. The van der Waals surface area contributed by atoms with Gasteiger partial charge in [-0.25, -0.2) is 0 Å². The van der Waals surface area contributed by atoms with Crippen LogP contribution in [0.15, 0.2) is 36.5 Å². The van der Waals surface area contributed by atoms with E-state index in [2.05, 4.69) is 11.9 Å². The number of imide groups is 1. The average molecular weight is 235 g/mol. The van der Waals surface area contributed by atoms with Gasteiger partial charge in [0.25, 0.3) is 0 Å². The summed E-state index contributed by atoms with van der Waals surface area (Å²) in [6.07, 6.45) is 5.27. The van der Waals surface area contributed by atoms with Crippen LogP contribution in [0.2, 0.25) is 0 Å². The van der Waals surface area contributed by atoms with E-state index in [4.69, 9.17) is 9.84 Å². The van der Waals surface area contributed by atoms with E-state index < -0.39 is 29.9 Å². The van der Waals surface area contributed by atoms with Crippen LogP contribution in [0.4, 0.5) is 0 Å². The molecule has 0 spiro atoms. The van der Waals surface area contributed by atoms with Crippen molar-refractivity contribution in [1.82, 2.24) is 5.32 Å². The maximum atomic E-state index is 11.6. The Labute approximate surface area is 98.5 Å². The third kappa shape index (κ3) is 2.35. The monoisotopic (exact) mass is 235 g/mol. The van der Waals surface area contributed by atoms with Gasteiger partial charge in [-0.3, -0.25) is 14.9 Å². The van der Waals surface area contributed by atoms with Crippen LogP contribution < -0.4 is 5.32 Å². The minimum absolute atomic E-state index is 0.184. The zero-order valence-electron chi connectivity index (χ0n) is 9.13. The third-order valence-corrected chi connectivity index (χ3v) is 2.76. The Bertz CT molecular complexity index is 424. The summed E-state index contributed by atoms with van der Waals surface area (Å²) in [5.74, 6) is -1.36. The summed E-state index contributed by atoms with van der Waals surface area (Å²) in [5, 5.41) is 11.3. The van der Waals surface area contributed by atoms with Gasteiger partial charge in [0.15, 0.2) is 0 Å². The highest BCUT2D eigenvalue weighted by molar-refractivity contribution is 6.05. The van der Waals surface area contributed by atoms with Crippen LogP contribution in [0.1, 0.15) is 0 Å². The lowest BCUT2D eigenvalue weighted by Gasteiger charge is -2.30. The predicted octanol–water partition coefficient (Wildman–Crippen LogP) is -0.313. The minimum atomic E-state index is -0.550. The second-order valence-corrected chi connectivity index (χ2v) is 3.94. The largest absolute Gasteiger partial charge is 0.393 e. The van der Waals surface area contributed by atoms with Crippen molar-refractivity contribution >= 4 is 11.8 Å². The average Bonchev–Trinajstić information content (AvgIpc) is 2.30. The SMILES string of the molecule is C=C1C=C[C@@H](C2C=CC(=O)NC2=O)O[C@@H]1CO. The highest BCUT2D eigenvalue weighted by Crippen LogP contribution is 2.23. The normalized spacial score (nSPS) is 32.8. The maximum absolute atomic E-state index is 11.6. The summed E-state index contributed by atoms with van der Waals surface area (Å²) in [7, 11) is 0. The summed E-state index contributed by atoms with van der Waals surface area (Å²) < 4.78 is 5.53. The molecule has 0 fully saturated rings. The van der Waals surface area contributed by atoms with Crippen LogP contribution in [0, 0.1) is 5.92 Å². The van der Waals surface area contributed by atoms with Gasteiger partial charge in [0.1, 0.15) is 6.10 Å². The predicted molar refractivity (Wildman–Crippen MR) is 59.8 cm³/mol. The summed E-state index contributed by atoms with van der Waals surface area (Å²) >= 11 is 0. The molecule has 2 amide bonds. The molecule has 3 atom stereocenters. The summed E-state index contributed by atoms with van der Waals surface area (Å²) in [6, 6.07) is 0. The van der Waals surface area contributed by atoms with Gasteiger partial charge in [0, 0.05) is 6.08 Å². The first kappa shape index (κ1) is 11.8. The molecule has 5 nitrogen and oxygen atoms in total. The molecule has 0 aromatic heterocycles. The van der Waals surface area contributed by atoms with Crippen molar-refractivity contribution in [3.63, 3.8) is 0 Å². The molecule has 2 N–H and O–H groups in total. The standard InChI is InChI=1S/C12H13NO4/c1-7-2-4-9(17-10(7)6-14)8-3-5-11(15)13-12(8)16/h2-5,8-10,14H,1,6H2,(H,13,15,16)/t8?,9-,10+/m0/s1. The Kier molecular flexibility index (Phi) is 3.21. The number of nitrogens with one attached hydrogen (secondary N) is 1. The lowest BCUT2D eigenvalue weighted by Crippen LogP contribution is -2.45. The number of aliphatic hydroxyl groups excluding tert-OH is 1. The van der Waals surface area contributed by atoms with Crippen molar-refractivity contribution in [3.8, 4) is 0 Å². The first-order valence-corrected chi connectivity index (χ1v) is 5.28. The molecule has 0 saturated carbocycles. The van der Waals surface area contributed by atoms with Crippen LogP contribution in [-0.2, 0) is 14.3 Å². The van der Waals surface area contributed by atoms with E-state index in [0.29, 0.717) is 5.57 Å². The number of hydrogen-bond donors (Lipinski definition) is 2. The van der Waals surface area contributed by atoms with Crippen molar-refractivity contribution in [2.45, 2.75) is 12.2 Å². The number of carbonyl (C=O) groups excluding carboxylic acids is 2. The Balaban J connectivity index is 2.16. The van der Waals surface area contributed by atoms with E-state index in [9.17, 15) is 9.59 Å². The van der Waals surface area contributed by atoms with Gasteiger partial charge < -0.3 is 9.84 Å². The fourth-order valence-corrected chi connectivity index (χ4v) is 1.80. The molecule has 0 radical (unpaired) electrons. The van der Waals surface area contributed by atoms with Crippen molar-refractivity contribution in [2.24, 2.45) is 5.92 Å². The van der Waals surface area contributed by atoms with Crippen molar-refractivity contribution in [2.75, 3.05) is 6.61 Å². The summed E-state index contributed by atoms with van der Waals surface area (Å²) in [5.41, 5.74) is 0.667. The molecule has 5 heteroatoms. The molecule has 1 unspecified atom stereocenters. The van der Waals surface area contributed by atoms with Gasteiger partial charge in [-0.1, -0.05) is 24.8 Å². The number of ether oxygens (including phenoxy) is 1. The van der Waals surface area contributed by atoms with Crippen molar-refractivity contribution < 1.29 is 19.4 Å². The number of hydrogen-bond acceptors (Lipinski definition) is 4. The Morgan fingerprint density at radius 2 is 2.12 bits per heavy atom. The number of rotatable bonds is 2. The van der Waals surface area contributed by atoms with E-state index in [1.54, 1.807) is 12.2 Å². The van der Waals surface area contributed by atoms with Gasteiger partial charge >= 0.3 is 0 Å². The fraction of sp³-hybridized carbons (Fsp3) is 0.333. The fourth-order valence-electron chi connectivity index (χ4n) is 1.80. The Hall–Kier alpha value is -1.72. The van der Waals surface area contributed by atoms with Crippen LogP contribution in [0.5, 0.6) is 0 Å². The van der Waals surface area contributed by atoms with Gasteiger partial charge in [-0.15, -0.1) is 0 Å². The Morgan fingerprint density at radius 3 is 2.76 bits per heavy atom. The van der Waals surface area contributed by atoms with Gasteiger partial charge in [0.05, 0.1) is 18.6 Å². The molecule has 0 saturated heterocycles. The van der Waals surface area contributed by atoms with Crippen LogP contribution in [0.3, 0.4) is 0 Å². The van der Waals surface area contributed by atoms with Gasteiger partial charge in [-0.2, -0.15) is 0 Å². The quantitative estimate of drug-likeness (QED) is 0.644. The van der Waals surface area contributed by atoms with Gasteiger partial charge in [0.2, 0.25) is 11.8 Å². The highest BCUT2D eigenvalue weighted by Gasteiger charge is 2.32. The molecular formula is C12H13NO4. The smallest absolute Gasteiger partial charge is 0.250 e. The molecule has 2 heterocycles. The molecule has 0 aliphatic carbocycles. The van der Waals surface area contributed by atoms with Crippen LogP contribution in [0.25, 0.3) is 0 Å². The van der Waals surface area contributed by atoms with Crippen LogP contribution >= 0.6 is 0 Å². The summed E-state index contributed by atoms with van der Waals surface area (Å²) in [4.78, 5) is 22.5. The van der Waals surface area contributed by atoms with Crippen molar-refractivity contribution in [3.05, 3.63) is 36.5 Å². The molecule has 0 bridgehead atoms. The molecule has 2 aliphatic rings. The summed E-state index contributed by atoms with van der Waals surface area (Å²) in [6.45, 7) is 3.55. The number of amides is 2. The first-order valence-electron chi connectivity index (χ1n) is 5.28. The number of aliphatic hydroxyl groups is 1. The topological polar surface area (TPSA) is 75.6 Å². The molecule has 2 aliphatic heterocycles. The molecule has 90 valence electrons. The van der Waals surface area contributed by atoms with E-state index >= 15 is 0 Å². The lowest BCUT2D eigenvalue weighted by atomic mass is 9.94. The van der Waals surface area contributed by atoms with Crippen LogP contribution in [-0.4, -0.2) is 35.7 Å². The van der Waals surface area contributed by atoms with E-state index in [-0.39, 0.29) is 6.61 Å². The molecule has 2 rings (SSSR count). The van der Waals surface area contributed by atoms with E-state index in [1.807, 2.05) is 0 Å². The molecule has 0 aromatic carbocycles. The van der Waals surface area contributed by atoms with E-state index in [0.717, 1.165) is 0 Å². The lowest BCUT2D eigenvalue weighted by molar-refractivity contribution is -0.134. The maximum Gasteiger partial charge on any atom is 0.250 e. The molecule has 0 aromatic rings. The molecule has 17 heavy (non-hydrogen) atoms. The minimum Gasteiger partial charge on any atom is -0.393 e.